The first-order valence-corrected chi connectivity index (χ1v) is 11.5. The third-order valence-corrected chi connectivity index (χ3v) is 4.61. The van der Waals surface area contributed by atoms with Gasteiger partial charge >= 0.3 is 5.97 Å². The number of nitrogens with zero attached hydrogens (tertiary/aromatic N) is 2. The number of anilines is 1. The Morgan fingerprint density at radius 2 is 1.88 bits per heavy atom. The molecule has 2 rings (SSSR count). The summed E-state index contributed by atoms with van der Waals surface area (Å²) < 4.78 is 15.4. The molecule has 0 aromatic heterocycles. The molecule has 1 amide bonds. The Morgan fingerprint density at radius 3 is 2.47 bits per heavy atom. The number of benzene rings is 1. The predicted molar refractivity (Wildman–Crippen MR) is 135 cm³/mol. The van der Waals surface area contributed by atoms with E-state index in [1.165, 1.54) is 19.0 Å². The lowest BCUT2D eigenvalue weighted by Gasteiger charge is -2.37. The first kappa shape index (κ1) is 30.9. The Morgan fingerprint density at radius 1 is 1.24 bits per heavy atom. The summed E-state index contributed by atoms with van der Waals surface area (Å²) in [4.78, 5) is 25.6. The molecule has 0 saturated heterocycles. The van der Waals surface area contributed by atoms with Crippen LogP contribution in [0.4, 0.5) is 5.69 Å². The van der Waals surface area contributed by atoms with Gasteiger partial charge < -0.3 is 29.9 Å². The molecule has 9 heteroatoms. The van der Waals surface area contributed by atoms with Crippen LogP contribution in [0.1, 0.15) is 63.0 Å². The lowest BCUT2D eigenvalue weighted by Crippen LogP contribution is -2.41. The third kappa shape index (κ3) is 9.43. The number of amides is 1. The zero-order valence-electron chi connectivity index (χ0n) is 21.3. The molecule has 0 fully saturated rings. The summed E-state index contributed by atoms with van der Waals surface area (Å²) in [6, 6.07) is 4.78. The number of terminal acetylenes is 1. The average molecular weight is 477 g/mol. The molecule has 4 N–H and O–H groups in total. The normalized spacial score (nSPS) is 14.4. The molecule has 0 radical (unpaired) electrons. The summed E-state index contributed by atoms with van der Waals surface area (Å²) in [6.45, 7) is 11.1. The maximum atomic E-state index is 12.0. The van der Waals surface area contributed by atoms with Crippen molar-refractivity contribution in [3.05, 3.63) is 41.2 Å². The van der Waals surface area contributed by atoms with Crippen LogP contribution in [0.3, 0.4) is 0 Å². The number of hydrogen-bond acceptors (Lipinski definition) is 8. The van der Waals surface area contributed by atoms with E-state index in [0.29, 0.717) is 43.1 Å². The van der Waals surface area contributed by atoms with Crippen molar-refractivity contribution in [1.29, 1.82) is 0 Å². The fourth-order valence-corrected chi connectivity index (χ4v) is 3.23. The minimum atomic E-state index is -0.462. The molecule has 1 atom stereocenters. The fraction of sp³-hybridized carbons (Fsp3) is 0.520. The fourth-order valence-electron chi connectivity index (χ4n) is 3.23. The van der Waals surface area contributed by atoms with E-state index in [1.54, 1.807) is 29.3 Å². The molecule has 0 saturated carbocycles. The van der Waals surface area contributed by atoms with Gasteiger partial charge in [0.25, 0.3) is 0 Å². The summed E-state index contributed by atoms with van der Waals surface area (Å²) in [5.74, 6) is 8.10. The lowest BCUT2D eigenvalue weighted by molar-refractivity contribution is -0.116. The van der Waals surface area contributed by atoms with E-state index in [4.69, 9.17) is 32.2 Å². The number of nitrogens with two attached hydrogens (primary N) is 2. The van der Waals surface area contributed by atoms with Gasteiger partial charge in [-0.3, -0.25) is 4.79 Å². The van der Waals surface area contributed by atoms with Crippen molar-refractivity contribution >= 4 is 17.6 Å². The number of methoxy groups -OCH3 is 1. The molecule has 0 aliphatic carbocycles. The molecule has 1 aromatic carbocycles. The van der Waals surface area contributed by atoms with E-state index in [0.717, 1.165) is 5.56 Å². The molecule has 0 spiro atoms. The van der Waals surface area contributed by atoms with Crippen molar-refractivity contribution in [3.63, 3.8) is 0 Å². The quantitative estimate of drug-likeness (QED) is 0.183. The van der Waals surface area contributed by atoms with Crippen molar-refractivity contribution in [3.8, 4) is 12.3 Å². The first-order valence-electron chi connectivity index (χ1n) is 11.5. The van der Waals surface area contributed by atoms with Crippen LogP contribution in [0.5, 0.6) is 0 Å². The molecule has 0 bridgehead atoms. The molecule has 1 aliphatic rings. The highest BCUT2D eigenvalue weighted by Crippen LogP contribution is 2.37. The molecule has 1 aromatic rings. The van der Waals surface area contributed by atoms with Crippen LogP contribution in [0.15, 0.2) is 30.1 Å². The maximum Gasteiger partial charge on any atom is 0.337 e. The number of fused-ring (bicyclic) bond motifs is 1. The van der Waals surface area contributed by atoms with Gasteiger partial charge in [0, 0.05) is 30.9 Å². The van der Waals surface area contributed by atoms with E-state index in [-0.39, 0.29) is 25.2 Å². The van der Waals surface area contributed by atoms with Crippen molar-refractivity contribution in [2.75, 3.05) is 45.0 Å². The van der Waals surface area contributed by atoms with Crippen molar-refractivity contribution in [2.45, 2.75) is 47.1 Å². The topological polar surface area (TPSA) is 120 Å². The van der Waals surface area contributed by atoms with E-state index < -0.39 is 5.97 Å². The zero-order valence-corrected chi connectivity index (χ0v) is 21.3. The highest BCUT2D eigenvalue weighted by atomic mass is 16.5. The van der Waals surface area contributed by atoms with E-state index in [1.807, 2.05) is 27.7 Å². The van der Waals surface area contributed by atoms with Crippen LogP contribution in [0.25, 0.3) is 0 Å². The summed E-state index contributed by atoms with van der Waals surface area (Å²) >= 11 is 0. The third-order valence-electron chi connectivity index (χ3n) is 4.61. The summed E-state index contributed by atoms with van der Waals surface area (Å²) in [6.07, 6.45) is 7.25. The summed E-state index contributed by atoms with van der Waals surface area (Å²) in [5.41, 5.74) is 8.28. The Bertz CT molecular complexity index is 835. The van der Waals surface area contributed by atoms with Gasteiger partial charge in [0.05, 0.1) is 44.2 Å². The SMILES string of the molecule is C#CCOCCOC/C(N)=C/N(N)[C@H]1CCN(C(C)=O)c2ccc(C(=O)OC)cc21.CC.CC. The van der Waals surface area contributed by atoms with Gasteiger partial charge in [-0.1, -0.05) is 33.6 Å². The van der Waals surface area contributed by atoms with Crippen molar-refractivity contribution < 1.29 is 23.8 Å². The molecule has 190 valence electrons. The molecule has 1 aliphatic heterocycles. The largest absolute Gasteiger partial charge is 0.465 e. The second kappa shape index (κ2) is 17.4. The first-order chi connectivity index (χ1) is 16.4. The smallest absolute Gasteiger partial charge is 0.337 e. The minimum Gasteiger partial charge on any atom is -0.465 e. The van der Waals surface area contributed by atoms with Gasteiger partial charge in [-0.2, -0.15) is 0 Å². The summed E-state index contributed by atoms with van der Waals surface area (Å²) in [5, 5.41) is 1.48. The van der Waals surface area contributed by atoms with E-state index in [2.05, 4.69) is 5.92 Å². The number of rotatable bonds is 9. The van der Waals surface area contributed by atoms with Gasteiger partial charge in [-0.05, 0) is 24.6 Å². The lowest BCUT2D eigenvalue weighted by atomic mass is 9.94. The number of hydrogen-bond donors (Lipinski definition) is 2. The Labute approximate surface area is 204 Å². The molecular weight excluding hydrogens is 436 g/mol. The number of hydrazine groups is 1. The van der Waals surface area contributed by atoms with Crippen LogP contribution in [0, 0.1) is 12.3 Å². The Balaban J connectivity index is 0.00000258. The predicted octanol–water partition coefficient (Wildman–Crippen LogP) is 2.97. The van der Waals surface area contributed by atoms with Gasteiger partial charge in [0.2, 0.25) is 5.91 Å². The highest BCUT2D eigenvalue weighted by Gasteiger charge is 2.30. The van der Waals surface area contributed by atoms with E-state index >= 15 is 0 Å². The van der Waals surface area contributed by atoms with E-state index in [9.17, 15) is 9.59 Å². The highest BCUT2D eigenvalue weighted by molar-refractivity contribution is 5.95. The maximum absolute atomic E-state index is 12.0. The average Bonchev–Trinajstić information content (AvgIpc) is 2.86. The van der Waals surface area contributed by atoms with Gasteiger partial charge in [0.15, 0.2) is 0 Å². The van der Waals surface area contributed by atoms with Crippen LogP contribution in [0.2, 0.25) is 0 Å². The van der Waals surface area contributed by atoms with Gasteiger partial charge in [-0.25, -0.2) is 10.6 Å². The van der Waals surface area contributed by atoms with Crippen LogP contribution in [-0.2, 0) is 19.0 Å². The standard InChI is InChI=1S/C21H28N4O5.2C2H6/c1-4-9-29-10-11-30-14-17(22)13-25(23)20-7-8-24(15(2)26)19-6-5-16(12-18(19)20)21(27)28-3;2*1-2/h1,5-6,12-13,20H,7-11,14,22-23H2,2-3H3;2*1-2H3/b17-13-;;/t20-;;/m0../s1. The molecule has 9 nitrogen and oxygen atoms in total. The van der Waals surface area contributed by atoms with Crippen molar-refractivity contribution in [1.82, 2.24) is 5.01 Å². The van der Waals surface area contributed by atoms with Gasteiger partial charge in [0.1, 0.15) is 6.61 Å². The van der Waals surface area contributed by atoms with Crippen LogP contribution < -0.4 is 16.5 Å². The molecule has 1 heterocycles. The van der Waals surface area contributed by atoms with Crippen LogP contribution in [-0.4, -0.2) is 57.0 Å². The van der Waals surface area contributed by atoms with Crippen LogP contribution >= 0.6 is 0 Å². The number of esters is 1. The molecular formula is C25H40N4O5. The Kier molecular flexibility index (Phi) is 15.9. The number of carbonyl (C=O) groups excluding carboxylic acids is 2. The number of carbonyl (C=O) groups is 2. The molecule has 34 heavy (non-hydrogen) atoms. The second-order valence-corrected chi connectivity index (χ2v) is 6.70. The number of ether oxygens (including phenoxy) is 3. The second-order valence-electron chi connectivity index (χ2n) is 6.70. The Hall–Kier alpha value is -3.06. The zero-order chi connectivity index (χ0) is 26.1. The van der Waals surface area contributed by atoms with Gasteiger partial charge in [-0.15, -0.1) is 6.42 Å². The minimum absolute atomic E-state index is 0.0837. The monoisotopic (exact) mass is 476 g/mol. The summed E-state index contributed by atoms with van der Waals surface area (Å²) in [7, 11) is 1.32. The van der Waals surface area contributed by atoms with Crippen molar-refractivity contribution in [2.24, 2.45) is 11.6 Å². The molecule has 0 unspecified atom stereocenters.